The van der Waals surface area contributed by atoms with E-state index in [9.17, 15) is 0 Å². The normalized spacial score (nSPS) is 21.7. The molecule has 0 bridgehead atoms. The molecular weight excluding hydrogens is 156 g/mol. The molecule has 1 N–H and O–H groups in total. The van der Waals surface area contributed by atoms with Gasteiger partial charge in [0.05, 0.1) is 31.5 Å². The summed E-state index contributed by atoms with van der Waals surface area (Å²) in [7, 11) is 0. The van der Waals surface area contributed by atoms with Crippen molar-refractivity contribution in [3.8, 4) is 5.88 Å². The highest BCUT2D eigenvalue weighted by molar-refractivity contribution is 5.24. The molecule has 0 aromatic carbocycles. The highest BCUT2D eigenvalue weighted by Gasteiger charge is 2.19. The van der Waals surface area contributed by atoms with Gasteiger partial charge in [-0.25, -0.2) is 4.68 Å². The van der Waals surface area contributed by atoms with Gasteiger partial charge in [0.1, 0.15) is 0 Å². The van der Waals surface area contributed by atoms with Crippen molar-refractivity contribution >= 4 is 0 Å². The molecular formula is C8H12N2O2. The van der Waals surface area contributed by atoms with Gasteiger partial charge in [-0.3, -0.25) is 0 Å². The van der Waals surface area contributed by atoms with Crippen molar-refractivity contribution in [2.24, 2.45) is 5.92 Å². The van der Waals surface area contributed by atoms with Crippen LogP contribution < -0.4 is 4.74 Å². The Kier molecular flexibility index (Phi) is 1.77. The Morgan fingerprint density at radius 3 is 3.42 bits per heavy atom. The standard InChI is InChI=1S/C8H12N2O2/c1-6-3-10-8(12-5-6)7(4-11)2-9-10/h2,6,11H,3-5H2,1H3. The Balaban J connectivity index is 2.32. The first-order valence-electron chi connectivity index (χ1n) is 4.09. The summed E-state index contributed by atoms with van der Waals surface area (Å²) in [6.45, 7) is 3.72. The lowest BCUT2D eigenvalue weighted by atomic mass is 10.2. The summed E-state index contributed by atoms with van der Waals surface area (Å²) < 4.78 is 7.24. The van der Waals surface area contributed by atoms with Crippen molar-refractivity contribution in [1.82, 2.24) is 9.78 Å². The third kappa shape index (κ3) is 1.08. The van der Waals surface area contributed by atoms with Gasteiger partial charge in [0.2, 0.25) is 5.88 Å². The van der Waals surface area contributed by atoms with Gasteiger partial charge in [0.15, 0.2) is 0 Å². The van der Waals surface area contributed by atoms with Gasteiger partial charge < -0.3 is 9.84 Å². The second-order valence-electron chi connectivity index (χ2n) is 3.23. The molecule has 2 heterocycles. The van der Waals surface area contributed by atoms with Crippen LogP contribution in [0.3, 0.4) is 0 Å². The Bertz CT molecular complexity index is 283. The summed E-state index contributed by atoms with van der Waals surface area (Å²) in [4.78, 5) is 0. The fourth-order valence-electron chi connectivity index (χ4n) is 1.39. The van der Waals surface area contributed by atoms with Crippen LogP contribution in [0, 0.1) is 5.92 Å². The van der Waals surface area contributed by atoms with Crippen LogP contribution >= 0.6 is 0 Å². The molecule has 0 fully saturated rings. The molecule has 0 amide bonds. The number of fused-ring (bicyclic) bond motifs is 1. The summed E-state index contributed by atoms with van der Waals surface area (Å²) >= 11 is 0. The van der Waals surface area contributed by atoms with Crippen molar-refractivity contribution in [3.63, 3.8) is 0 Å². The summed E-state index contributed by atoms with van der Waals surface area (Å²) in [6.07, 6.45) is 1.66. The van der Waals surface area contributed by atoms with Crippen LogP contribution in [0.25, 0.3) is 0 Å². The molecule has 1 unspecified atom stereocenters. The molecule has 1 aromatic rings. The lowest BCUT2D eigenvalue weighted by Gasteiger charge is -2.21. The molecule has 66 valence electrons. The van der Waals surface area contributed by atoms with E-state index >= 15 is 0 Å². The number of aromatic nitrogens is 2. The first kappa shape index (κ1) is 7.61. The lowest BCUT2D eigenvalue weighted by molar-refractivity contribution is 0.168. The first-order chi connectivity index (χ1) is 5.81. The summed E-state index contributed by atoms with van der Waals surface area (Å²) in [5.41, 5.74) is 0.780. The maximum Gasteiger partial charge on any atom is 0.217 e. The molecule has 1 aliphatic rings. The van der Waals surface area contributed by atoms with Gasteiger partial charge >= 0.3 is 0 Å². The van der Waals surface area contributed by atoms with Gasteiger partial charge in [0, 0.05) is 5.92 Å². The maximum atomic E-state index is 8.92. The van der Waals surface area contributed by atoms with E-state index in [0.717, 1.165) is 24.6 Å². The third-order valence-electron chi connectivity index (χ3n) is 2.02. The number of aliphatic hydroxyl groups excluding tert-OH is 1. The van der Waals surface area contributed by atoms with E-state index in [0.29, 0.717) is 5.92 Å². The van der Waals surface area contributed by atoms with Crippen molar-refractivity contribution in [2.45, 2.75) is 20.1 Å². The topological polar surface area (TPSA) is 47.3 Å². The molecule has 1 aliphatic heterocycles. The number of aliphatic hydroxyl groups is 1. The van der Waals surface area contributed by atoms with Gasteiger partial charge in [-0.1, -0.05) is 6.92 Å². The molecule has 1 atom stereocenters. The zero-order valence-electron chi connectivity index (χ0n) is 7.03. The molecule has 0 saturated heterocycles. The quantitative estimate of drug-likeness (QED) is 0.660. The van der Waals surface area contributed by atoms with Crippen LogP contribution in [0.5, 0.6) is 5.88 Å². The molecule has 4 heteroatoms. The summed E-state index contributed by atoms with van der Waals surface area (Å²) in [6, 6.07) is 0. The van der Waals surface area contributed by atoms with Crippen LogP contribution in [-0.4, -0.2) is 21.5 Å². The van der Waals surface area contributed by atoms with Gasteiger partial charge in [-0.05, 0) is 0 Å². The van der Waals surface area contributed by atoms with Gasteiger partial charge in [0.25, 0.3) is 0 Å². The van der Waals surface area contributed by atoms with Crippen molar-refractivity contribution in [3.05, 3.63) is 11.8 Å². The number of hydrogen-bond acceptors (Lipinski definition) is 3. The molecule has 0 aliphatic carbocycles. The Morgan fingerprint density at radius 2 is 2.67 bits per heavy atom. The van der Waals surface area contributed by atoms with Gasteiger partial charge in [-0.15, -0.1) is 0 Å². The summed E-state index contributed by atoms with van der Waals surface area (Å²) in [5, 5.41) is 13.0. The molecule has 0 radical (unpaired) electrons. The van der Waals surface area contributed by atoms with Crippen LogP contribution in [0.4, 0.5) is 0 Å². The average Bonchev–Trinajstić information content (AvgIpc) is 2.46. The minimum Gasteiger partial charge on any atom is -0.477 e. The Morgan fingerprint density at radius 1 is 1.83 bits per heavy atom. The predicted octanol–water partition coefficient (Wildman–Crippen LogP) is 0.404. The number of nitrogens with zero attached hydrogens (tertiary/aromatic N) is 2. The molecule has 12 heavy (non-hydrogen) atoms. The molecule has 1 aromatic heterocycles. The second kappa shape index (κ2) is 2.79. The first-order valence-corrected chi connectivity index (χ1v) is 4.09. The fraction of sp³-hybridized carbons (Fsp3) is 0.625. The van der Waals surface area contributed by atoms with E-state index in [1.54, 1.807) is 10.9 Å². The molecule has 2 rings (SSSR count). The monoisotopic (exact) mass is 168 g/mol. The van der Waals surface area contributed by atoms with Crippen LogP contribution in [-0.2, 0) is 13.2 Å². The summed E-state index contributed by atoms with van der Waals surface area (Å²) in [5.74, 6) is 1.24. The molecule has 4 nitrogen and oxygen atoms in total. The van der Waals surface area contributed by atoms with E-state index in [1.165, 1.54) is 0 Å². The number of ether oxygens (including phenoxy) is 1. The van der Waals surface area contributed by atoms with Gasteiger partial charge in [-0.2, -0.15) is 5.10 Å². The Hall–Kier alpha value is -1.03. The van der Waals surface area contributed by atoms with E-state index in [4.69, 9.17) is 9.84 Å². The highest BCUT2D eigenvalue weighted by Crippen LogP contribution is 2.23. The maximum absolute atomic E-state index is 8.92. The average molecular weight is 168 g/mol. The van der Waals surface area contributed by atoms with Crippen LogP contribution in [0.2, 0.25) is 0 Å². The SMILES string of the molecule is CC1COc2c(CO)cnn2C1. The van der Waals surface area contributed by atoms with Crippen molar-refractivity contribution < 1.29 is 9.84 Å². The largest absolute Gasteiger partial charge is 0.477 e. The fourth-order valence-corrected chi connectivity index (χ4v) is 1.39. The predicted molar refractivity (Wildman–Crippen MR) is 42.8 cm³/mol. The lowest BCUT2D eigenvalue weighted by Crippen LogP contribution is -2.23. The number of rotatable bonds is 1. The van der Waals surface area contributed by atoms with E-state index in [2.05, 4.69) is 12.0 Å². The zero-order valence-corrected chi connectivity index (χ0v) is 7.03. The molecule has 0 spiro atoms. The van der Waals surface area contributed by atoms with Crippen molar-refractivity contribution in [1.29, 1.82) is 0 Å². The minimum absolute atomic E-state index is 0.00368. The number of hydrogen-bond donors (Lipinski definition) is 1. The third-order valence-corrected chi connectivity index (χ3v) is 2.02. The smallest absolute Gasteiger partial charge is 0.217 e. The Labute approximate surface area is 70.8 Å². The molecule has 0 saturated carbocycles. The second-order valence-corrected chi connectivity index (χ2v) is 3.23. The minimum atomic E-state index is 0.00368. The van der Waals surface area contributed by atoms with Crippen molar-refractivity contribution in [2.75, 3.05) is 6.61 Å². The van der Waals surface area contributed by atoms with E-state index < -0.39 is 0 Å². The highest BCUT2D eigenvalue weighted by atomic mass is 16.5. The van der Waals surface area contributed by atoms with Crippen LogP contribution in [0.15, 0.2) is 6.20 Å². The van der Waals surface area contributed by atoms with E-state index in [-0.39, 0.29) is 6.61 Å². The van der Waals surface area contributed by atoms with E-state index in [1.807, 2.05) is 0 Å². The van der Waals surface area contributed by atoms with Crippen LogP contribution in [0.1, 0.15) is 12.5 Å². The zero-order chi connectivity index (χ0) is 8.55.